The summed E-state index contributed by atoms with van der Waals surface area (Å²) in [5.41, 5.74) is 1.88. The molecule has 0 radical (unpaired) electrons. The minimum atomic E-state index is -0.623. The van der Waals surface area contributed by atoms with Crippen LogP contribution >= 0.6 is 11.6 Å². The highest BCUT2D eigenvalue weighted by Crippen LogP contribution is 2.18. The highest BCUT2D eigenvalue weighted by atomic mass is 35.5. The van der Waals surface area contributed by atoms with E-state index in [9.17, 15) is 4.79 Å². The maximum absolute atomic E-state index is 12.2. The van der Waals surface area contributed by atoms with E-state index in [1.165, 1.54) is 0 Å². The van der Waals surface area contributed by atoms with Gasteiger partial charge in [-0.15, -0.1) is 0 Å². The molecule has 1 N–H and O–H groups in total. The molecule has 3 rings (SSSR count). The zero-order chi connectivity index (χ0) is 17.6. The molecule has 0 aliphatic rings. The van der Waals surface area contributed by atoms with E-state index in [4.69, 9.17) is 16.3 Å². The quantitative estimate of drug-likeness (QED) is 0.735. The van der Waals surface area contributed by atoms with Crippen LogP contribution in [0.3, 0.4) is 0 Å². The van der Waals surface area contributed by atoms with E-state index in [0.29, 0.717) is 17.3 Å². The first-order valence-corrected chi connectivity index (χ1v) is 8.28. The molecular weight excluding hydrogens is 338 g/mol. The molecule has 0 aliphatic heterocycles. The van der Waals surface area contributed by atoms with Gasteiger partial charge in [0.2, 0.25) is 0 Å². The number of amides is 1. The average molecular weight is 356 g/mol. The first-order valence-electron chi connectivity index (χ1n) is 7.91. The van der Waals surface area contributed by atoms with Crippen LogP contribution in [0.25, 0.3) is 5.69 Å². The fourth-order valence-corrected chi connectivity index (χ4v) is 2.48. The summed E-state index contributed by atoms with van der Waals surface area (Å²) in [7, 11) is 0. The van der Waals surface area contributed by atoms with Gasteiger partial charge in [0.05, 0.1) is 11.9 Å². The Morgan fingerprint density at radius 3 is 2.80 bits per heavy atom. The lowest BCUT2D eigenvalue weighted by Gasteiger charge is -2.14. The van der Waals surface area contributed by atoms with Crippen LogP contribution in [0, 0.1) is 0 Å². The Hall–Kier alpha value is -2.79. The Morgan fingerprint density at radius 1 is 1.24 bits per heavy atom. The molecule has 1 heterocycles. The molecule has 0 spiro atoms. The Bertz CT molecular complexity index is 849. The van der Waals surface area contributed by atoms with Gasteiger partial charge in [-0.25, -0.2) is 4.68 Å². The zero-order valence-corrected chi connectivity index (χ0v) is 14.5. The number of ether oxygens (including phenoxy) is 1. The Kier molecular flexibility index (Phi) is 5.36. The van der Waals surface area contributed by atoms with Crippen molar-refractivity contribution < 1.29 is 9.53 Å². The summed E-state index contributed by atoms with van der Waals surface area (Å²) in [6.45, 7) is 2.08. The van der Waals surface area contributed by atoms with Gasteiger partial charge < -0.3 is 10.1 Å². The predicted octanol–water partition coefficient (Wildman–Crippen LogP) is 3.61. The van der Waals surface area contributed by atoms with Crippen LogP contribution in [0.2, 0.25) is 5.02 Å². The second-order valence-corrected chi connectivity index (χ2v) is 6.00. The molecule has 0 aliphatic carbocycles. The van der Waals surface area contributed by atoms with Crippen molar-refractivity contribution in [2.45, 2.75) is 19.6 Å². The highest BCUT2D eigenvalue weighted by molar-refractivity contribution is 6.30. The molecule has 25 heavy (non-hydrogen) atoms. The van der Waals surface area contributed by atoms with Crippen molar-refractivity contribution in [3.05, 3.63) is 77.6 Å². The lowest BCUT2D eigenvalue weighted by molar-refractivity contribution is -0.127. The number of hydrogen-bond donors (Lipinski definition) is 1. The van der Waals surface area contributed by atoms with E-state index >= 15 is 0 Å². The van der Waals surface area contributed by atoms with Gasteiger partial charge in [-0.05, 0) is 37.3 Å². The summed E-state index contributed by atoms with van der Waals surface area (Å²) in [4.78, 5) is 12.2. The van der Waals surface area contributed by atoms with Gasteiger partial charge in [-0.3, -0.25) is 4.79 Å². The topological polar surface area (TPSA) is 56.1 Å². The summed E-state index contributed by atoms with van der Waals surface area (Å²) >= 11 is 5.91. The molecule has 1 atom stereocenters. The molecule has 1 aromatic heterocycles. The number of benzene rings is 2. The van der Waals surface area contributed by atoms with Crippen LogP contribution in [0.15, 0.2) is 67.0 Å². The van der Waals surface area contributed by atoms with Crippen molar-refractivity contribution in [3.8, 4) is 11.4 Å². The fraction of sp³-hybridized carbons (Fsp3) is 0.158. The molecule has 5 nitrogen and oxygen atoms in total. The van der Waals surface area contributed by atoms with Gasteiger partial charge in [0, 0.05) is 23.3 Å². The summed E-state index contributed by atoms with van der Waals surface area (Å²) in [5.74, 6) is 0.361. The summed E-state index contributed by atoms with van der Waals surface area (Å²) in [6.07, 6.45) is 3.00. The lowest BCUT2D eigenvalue weighted by atomic mass is 10.3. The Balaban J connectivity index is 1.54. The van der Waals surface area contributed by atoms with Gasteiger partial charge in [-0.1, -0.05) is 35.9 Å². The van der Waals surface area contributed by atoms with Crippen LogP contribution in [-0.2, 0) is 11.3 Å². The number of para-hydroxylation sites is 1. The monoisotopic (exact) mass is 355 g/mol. The largest absolute Gasteiger partial charge is 0.481 e. The van der Waals surface area contributed by atoms with Crippen molar-refractivity contribution in [1.82, 2.24) is 15.1 Å². The first kappa shape index (κ1) is 17.0. The van der Waals surface area contributed by atoms with Crippen molar-refractivity contribution >= 4 is 17.5 Å². The van der Waals surface area contributed by atoms with E-state index in [1.54, 1.807) is 42.1 Å². The SMILES string of the molecule is CC(Oc1cccc(Cl)c1)C(=O)NCc1cnn(-c2ccccc2)c1. The second-order valence-electron chi connectivity index (χ2n) is 5.56. The van der Waals surface area contributed by atoms with Crippen molar-refractivity contribution in [1.29, 1.82) is 0 Å². The molecular formula is C19H18ClN3O2. The molecule has 0 fully saturated rings. The van der Waals surface area contributed by atoms with E-state index in [1.807, 2.05) is 36.5 Å². The van der Waals surface area contributed by atoms with Gasteiger partial charge in [0.15, 0.2) is 6.10 Å². The standard InChI is InChI=1S/C19H18ClN3O2/c1-14(25-18-9-5-6-16(20)10-18)19(24)21-11-15-12-22-23(13-15)17-7-3-2-4-8-17/h2-10,12-14H,11H2,1H3,(H,21,24). The Labute approximate surface area is 151 Å². The van der Waals surface area contributed by atoms with Crippen LogP contribution in [0.5, 0.6) is 5.75 Å². The van der Waals surface area contributed by atoms with Crippen molar-refractivity contribution in [3.63, 3.8) is 0 Å². The van der Waals surface area contributed by atoms with Gasteiger partial charge in [0.1, 0.15) is 5.75 Å². The molecule has 1 amide bonds. The van der Waals surface area contributed by atoms with Crippen LogP contribution in [0.1, 0.15) is 12.5 Å². The molecule has 0 saturated heterocycles. The predicted molar refractivity (Wildman–Crippen MR) is 97.0 cm³/mol. The van der Waals surface area contributed by atoms with Crippen LogP contribution in [-0.4, -0.2) is 21.8 Å². The molecule has 0 saturated carbocycles. The first-order chi connectivity index (χ1) is 12.1. The smallest absolute Gasteiger partial charge is 0.261 e. The van der Waals surface area contributed by atoms with E-state index in [-0.39, 0.29) is 5.91 Å². The third-order valence-corrected chi connectivity index (χ3v) is 3.84. The van der Waals surface area contributed by atoms with Crippen molar-refractivity contribution in [2.75, 3.05) is 0 Å². The lowest BCUT2D eigenvalue weighted by Crippen LogP contribution is -2.35. The van der Waals surface area contributed by atoms with Gasteiger partial charge >= 0.3 is 0 Å². The molecule has 0 bridgehead atoms. The molecule has 2 aromatic carbocycles. The maximum atomic E-state index is 12.2. The van der Waals surface area contributed by atoms with E-state index in [2.05, 4.69) is 10.4 Å². The summed E-state index contributed by atoms with van der Waals surface area (Å²) < 4.78 is 7.37. The molecule has 1 unspecified atom stereocenters. The number of carbonyl (C=O) groups excluding carboxylic acids is 1. The zero-order valence-electron chi connectivity index (χ0n) is 13.7. The number of nitrogens with one attached hydrogen (secondary N) is 1. The van der Waals surface area contributed by atoms with Crippen molar-refractivity contribution in [2.24, 2.45) is 0 Å². The third-order valence-electron chi connectivity index (χ3n) is 3.60. The second kappa shape index (κ2) is 7.85. The number of rotatable bonds is 6. The van der Waals surface area contributed by atoms with E-state index in [0.717, 1.165) is 11.3 Å². The van der Waals surface area contributed by atoms with E-state index < -0.39 is 6.10 Å². The number of aromatic nitrogens is 2. The Morgan fingerprint density at radius 2 is 2.04 bits per heavy atom. The number of hydrogen-bond acceptors (Lipinski definition) is 3. The number of halogens is 1. The third kappa shape index (κ3) is 4.61. The van der Waals surface area contributed by atoms with Crippen LogP contribution in [0.4, 0.5) is 0 Å². The maximum Gasteiger partial charge on any atom is 0.261 e. The number of carbonyl (C=O) groups is 1. The van der Waals surface area contributed by atoms with Crippen LogP contribution < -0.4 is 10.1 Å². The molecule has 6 heteroatoms. The summed E-state index contributed by atoms with van der Waals surface area (Å²) in [6, 6.07) is 16.8. The normalized spacial score (nSPS) is 11.8. The minimum Gasteiger partial charge on any atom is -0.481 e. The summed E-state index contributed by atoms with van der Waals surface area (Å²) in [5, 5.41) is 7.72. The highest BCUT2D eigenvalue weighted by Gasteiger charge is 2.14. The molecule has 3 aromatic rings. The number of nitrogens with zero attached hydrogens (tertiary/aromatic N) is 2. The fourth-order valence-electron chi connectivity index (χ4n) is 2.30. The minimum absolute atomic E-state index is 0.201. The molecule has 128 valence electrons. The van der Waals surface area contributed by atoms with Gasteiger partial charge in [-0.2, -0.15) is 5.10 Å². The average Bonchev–Trinajstić information content (AvgIpc) is 3.09. The van der Waals surface area contributed by atoms with Gasteiger partial charge in [0.25, 0.3) is 5.91 Å².